The molecule has 0 aliphatic carbocycles. The molecule has 9 rings (SSSR count). The average molecular weight is 1350 g/mol. The maximum atomic E-state index is 13.6. The van der Waals surface area contributed by atoms with Crippen LogP contribution in [0.5, 0.6) is 0 Å². The number of hydrogen-bond donors (Lipinski definition) is 4. The van der Waals surface area contributed by atoms with Crippen molar-refractivity contribution in [3.05, 3.63) is 113 Å². The molecule has 94 heavy (non-hydrogen) atoms. The highest BCUT2D eigenvalue weighted by Crippen LogP contribution is 2.41. The number of fused-ring (bicyclic) bond motifs is 6. The number of aromatic nitrogens is 4. The third-order valence-corrected chi connectivity index (χ3v) is 20.7. The van der Waals surface area contributed by atoms with Crippen LogP contribution in [-0.2, 0) is 34.3 Å². The van der Waals surface area contributed by atoms with E-state index in [4.69, 9.17) is 35.8 Å². The number of likely N-dealkylation sites (tertiary alicyclic amines) is 1. The number of pyridine rings is 4. The van der Waals surface area contributed by atoms with Crippen molar-refractivity contribution in [2.24, 2.45) is 51.4 Å². The van der Waals surface area contributed by atoms with Crippen molar-refractivity contribution in [3.8, 4) is 0 Å². The number of anilines is 3. The molecule has 4 N–H and O–H groups in total. The zero-order valence-electron chi connectivity index (χ0n) is 57.2. The smallest absolute Gasteiger partial charge is 0.410 e. The van der Waals surface area contributed by atoms with Gasteiger partial charge in [0, 0.05) is 36.8 Å². The molecule has 5 aliphatic heterocycles. The first kappa shape index (κ1) is 72.6. The van der Waals surface area contributed by atoms with E-state index < -0.39 is 43.5 Å². The molecule has 2 fully saturated rings. The van der Waals surface area contributed by atoms with Gasteiger partial charge in [0.2, 0.25) is 11.8 Å². The highest BCUT2D eigenvalue weighted by molar-refractivity contribution is 7.90. The molecule has 0 spiro atoms. The number of sulfonamides is 2. The lowest BCUT2D eigenvalue weighted by atomic mass is 9.86. The fourth-order valence-corrected chi connectivity index (χ4v) is 15.0. The number of nitrogens with one attached hydrogen (secondary N) is 4. The largest absolute Gasteiger partial charge is 0.478 e. The Hall–Kier alpha value is -7.18. The van der Waals surface area contributed by atoms with Crippen molar-refractivity contribution in [2.45, 2.75) is 194 Å². The number of nitrogens with zero attached hydrogens (tertiary/aromatic N) is 8. The summed E-state index contributed by atoms with van der Waals surface area (Å²) in [5.41, 5.74) is 0.0877. The maximum absolute atomic E-state index is 13.6. The molecule has 22 nitrogen and oxygen atoms in total. The number of ether oxygens (including phenoxy) is 3. The molecule has 4 atom stereocenters. The van der Waals surface area contributed by atoms with E-state index in [-0.39, 0.29) is 55.6 Å². The van der Waals surface area contributed by atoms with Crippen LogP contribution in [0.4, 0.5) is 22.2 Å². The molecule has 4 aromatic rings. The van der Waals surface area contributed by atoms with Crippen molar-refractivity contribution in [2.75, 3.05) is 48.4 Å². The number of amides is 3. The lowest BCUT2D eigenvalue weighted by Gasteiger charge is -2.37. The highest BCUT2D eigenvalue weighted by Gasteiger charge is 2.45. The van der Waals surface area contributed by atoms with E-state index in [9.17, 15) is 31.2 Å². The van der Waals surface area contributed by atoms with Crippen LogP contribution in [0, 0.1) is 41.4 Å². The first-order valence-electron chi connectivity index (χ1n) is 32.9. The Morgan fingerprint density at radius 1 is 0.777 bits per heavy atom. The summed E-state index contributed by atoms with van der Waals surface area (Å²) in [6.45, 7) is 34.5. The molecule has 0 radical (unpaired) electrons. The summed E-state index contributed by atoms with van der Waals surface area (Å²) in [5.74, 6) is 3.78. The van der Waals surface area contributed by atoms with Crippen molar-refractivity contribution in [1.29, 1.82) is 0 Å². The minimum Gasteiger partial charge on any atom is -0.478 e. The van der Waals surface area contributed by atoms with Crippen molar-refractivity contribution in [3.63, 3.8) is 0 Å². The van der Waals surface area contributed by atoms with E-state index in [1.807, 2.05) is 62.5 Å². The highest BCUT2D eigenvalue weighted by atomic mass is 35.5. The van der Waals surface area contributed by atoms with Crippen molar-refractivity contribution >= 4 is 78.8 Å². The molecule has 5 aliphatic rings. The second kappa shape index (κ2) is 30.3. The predicted molar refractivity (Wildman–Crippen MR) is 368 cm³/mol. The van der Waals surface area contributed by atoms with Crippen molar-refractivity contribution in [1.82, 2.24) is 34.3 Å². The maximum Gasteiger partial charge on any atom is 0.410 e. The monoisotopic (exact) mass is 1350 g/mol. The summed E-state index contributed by atoms with van der Waals surface area (Å²) in [5, 5.41) is 5.68. The zero-order valence-corrected chi connectivity index (χ0v) is 59.6. The minimum absolute atomic E-state index is 0.0352. The summed E-state index contributed by atoms with van der Waals surface area (Å²) < 4.78 is 74.8. The van der Waals surface area contributed by atoms with Gasteiger partial charge in [-0.05, 0) is 208 Å². The van der Waals surface area contributed by atoms with Gasteiger partial charge in [-0.25, -0.2) is 44.2 Å². The van der Waals surface area contributed by atoms with Gasteiger partial charge in [0.05, 0.1) is 35.7 Å². The van der Waals surface area contributed by atoms with Gasteiger partial charge in [-0.3, -0.25) is 9.59 Å². The molecule has 25 heteroatoms. The topological polar surface area (TPSA) is 278 Å². The number of carbonyl (C=O) groups excluding carboxylic acids is 3. The van der Waals surface area contributed by atoms with E-state index in [0.29, 0.717) is 121 Å². The second-order valence-electron chi connectivity index (χ2n) is 28.7. The fourth-order valence-electron chi connectivity index (χ4n) is 12.9. The Morgan fingerprint density at radius 3 is 1.99 bits per heavy atom. The van der Waals surface area contributed by atoms with Crippen LogP contribution in [0.2, 0.25) is 5.15 Å². The van der Waals surface area contributed by atoms with Crippen molar-refractivity contribution < 1.29 is 45.4 Å². The zero-order chi connectivity index (χ0) is 68.7. The number of carbonyl (C=O) groups is 3. The van der Waals surface area contributed by atoms with E-state index in [1.165, 1.54) is 18.2 Å². The number of aliphatic imine (C=N–C) groups is 2. The second-order valence-corrected chi connectivity index (χ2v) is 32.3. The predicted octanol–water partition coefficient (Wildman–Crippen LogP) is 12.9. The Balaban J connectivity index is 0.000000244. The lowest BCUT2D eigenvalue weighted by molar-refractivity contribution is 0.00290. The van der Waals surface area contributed by atoms with E-state index in [1.54, 1.807) is 48.5 Å². The Labute approximate surface area is 561 Å². The van der Waals surface area contributed by atoms with Gasteiger partial charge in [-0.1, -0.05) is 79.1 Å². The van der Waals surface area contributed by atoms with E-state index in [2.05, 4.69) is 109 Å². The fraction of sp³-hybridized carbons (Fsp3) is 0.580. The first-order valence-corrected chi connectivity index (χ1v) is 36.3. The van der Waals surface area contributed by atoms with Gasteiger partial charge in [0.1, 0.15) is 40.3 Å². The molecule has 4 unspecified atom stereocenters. The number of rotatable bonds is 18. The molecule has 512 valence electrons. The molecule has 4 aromatic heterocycles. The summed E-state index contributed by atoms with van der Waals surface area (Å²) in [7, 11) is -8.56. The van der Waals surface area contributed by atoms with Crippen LogP contribution >= 0.6 is 11.6 Å². The lowest BCUT2D eigenvalue weighted by Crippen LogP contribution is -2.49. The van der Waals surface area contributed by atoms with Crippen LogP contribution < -0.4 is 25.0 Å². The molecule has 4 bridgehead atoms. The molecule has 2 saturated heterocycles. The van der Waals surface area contributed by atoms with Crippen LogP contribution in [0.3, 0.4) is 0 Å². The quantitative estimate of drug-likeness (QED) is 0.0532. The minimum atomic E-state index is -4.34. The summed E-state index contributed by atoms with van der Waals surface area (Å²) in [4.78, 5) is 70.8. The van der Waals surface area contributed by atoms with Gasteiger partial charge in [-0.2, -0.15) is 16.8 Å². The van der Waals surface area contributed by atoms with Crippen LogP contribution in [0.25, 0.3) is 0 Å². The molecular weight excluding hydrogens is 1260 g/mol. The molecule has 3 amide bonds. The summed E-state index contributed by atoms with van der Waals surface area (Å²) >= 11 is 6.37. The van der Waals surface area contributed by atoms with Gasteiger partial charge >= 0.3 is 6.09 Å². The third kappa shape index (κ3) is 18.6. The van der Waals surface area contributed by atoms with Gasteiger partial charge in [0.15, 0.2) is 10.1 Å². The van der Waals surface area contributed by atoms with Crippen LogP contribution in [-0.4, -0.2) is 127 Å². The van der Waals surface area contributed by atoms with Gasteiger partial charge in [-0.15, -0.1) is 0 Å². The Bertz CT molecular complexity index is 3720. The van der Waals surface area contributed by atoms with Gasteiger partial charge in [0.25, 0.3) is 31.9 Å². The SMILES string of the molecule is CC(C)C(COC1=NC(c2ccc(C(=O)NS(=O)(=O)c3cccc(NCCCC4CCC(C)(C)N4C(=O)OC(C)(C)C)n3)c(Cl)n2)C=C1)C(C)C.CC(C)C(COC1=NC(c2ccc3c(n2)N2CC(CCCNc4cccc(n4)S(=O)(=O)NC3=O)CC2(C)C)C=C1)C(C)C. The standard InChI is InChI=1S/C37H53ClN6O6S.C32H44N6O4S/c1-23(2)27(24(3)4)22-49-31-18-17-28(40-31)29-16-15-26(33(38)41-29)34(45)43-51(47,48)32-14-10-13-30(42-32)39-21-11-12-25-19-20-37(8,9)44(25)35(46)50-36(5,6)7;1-20(2)24(21(3)4)19-42-28-15-14-25(34-28)26-13-12-23-30(35-26)38-18-22(17-32(38,5)6)9-8-16-33-27-10-7-11-29(36-27)43(40,41)37-31(23)39/h10,13-18,23-25,27-28H,11-12,19-22H2,1-9H3,(H,39,42)(H,43,45);7,10-15,20-22,24-25H,8-9,16-19H2,1-6H3,(H,33,36)(H,37,39). The molecule has 0 aromatic carbocycles. The number of halogens is 1. The molecular formula is C69H97ClN12O10S2. The van der Waals surface area contributed by atoms with Gasteiger partial charge < -0.3 is 34.6 Å². The van der Waals surface area contributed by atoms with Crippen LogP contribution in [0.15, 0.2) is 105 Å². The summed E-state index contributed by atoms with van der Waals surface area (Å²) in [6.07, 6.45) is 13.2. The first-order chi connectivity index (χ1) is 44.1. The Kier molecular flexibility index (Phi) is 23.4. The molecule has 9 heterocycles. The summed E-state index contributed by atoms with van der Waals surface area (Å²) in [6, 6.07) is 14.9. The Morgan fingerprint density at radius 2 is 1.38 bits per heavy atom. The van der Waals surface area contributed by atoms with Crippen LogP contribution in [0.1, 0.15) is 193 Å². The van der Waals surface area contributed by atoms with E-state index >= 15 is 0 Å². The number of hydrogen-bond acceptors (Lipinski definition) is 19. The average Bonchev–Trinajstić information content (AvgIpc) is 1.57. The normalized spacial score (nSPS) is 20.7. The van der Waals surface area contributed by atoms with E-state index in [0.717, 1.165) is 38.5 Å². The third-order valence-electron chi connectivity index (χ3n) is 18.0. The molecule has 0 saturated carbocycles.